The molecular weight excluding hydrogens is 223 g/mol. The van der Waals surface area contributed by atoms with E-state index in [0.29, 0.717) is 32.5 Å². The van der Waals surface area contributed by atoms with Crippen molar-refractivity contribution < 1.29 is 13.9 Å². The molecule has 1 amide bonds. The van der Waals surface area contributed by atoms with Crippen LogP contribution in [-0.2, 0) is 9.53 Å². The lowest BCUT2D eigenvalue weighted by Gasteiger charge is -2.42. The van der Waals surface area contributed by atoms with Crippen LogP contribution < -0.4 is 5.73 Å². The van der Waals surface area contributed by atoms with Crippen molar-refractivity contribution >= 4 is 5.91 Å². The first-order valence-corrected chi connectivity index (χ1v) is 6.29. The summed E-state index contributed by atoms with van der Waals surface area (Å²) < 4.78 is 19.1. The summed E-state index contributed by atoms with van der Waals surface area (Å²) in [6.45, 7) is 1.63. The number of methoxy groups -OCH3 is 1. The van der Waals surface area contributed by atoms with Crippen molar-refractivity contribution in [2.24, 2.45) is 11.7 Å². The third-order valence-corrected chi connectivity index (χ3v) is 3.99. The summed E-state index contributed by atoms with van der Waals surface area (Å²) >= 11 is 0. The molecule has 0 spiro atoms. The number of carbonyl (C=O) groups excluding carboxylic acids is 1. The molecule has 2 atom stereocenters. The van der Waals surface area contributed by atoms with Gasteiger partial charge in [-0.15, -0.1) is 0 Å². The van der Waals surface area contributed by atoms with Crippen LogP contribution in [0.4, 0.5) is 4.39 Å². The first-order chi connectivity index (χ1) is 8.07. The van der Waals surface area contributed by atoms with Gasteiger partial charge in [-0.25, -0.2) is 4.39 Å². The Morgan fingerprint density at radius 3 is 2.82 bits per heavy atom. The molecule has 4 nitrogen and oxygen atoms in total. The average Bonchev–Trinajstić information content (AvgIpc) is 2.28. The molecule has 1 aliphatic carbocycles. The minimum absolute atomic E-state index is 0.0518. The van der Waals surface area contributed by atoms with Gasteiger partial charge in [0.1, 0.15) is 0 Å². The van der Waals surface area contributed by atoms with Crippen LogP contribution in [0.2, 0.25) is 0 Å². The number of likely N-dealkylation sites (tertiary alicyclic amines) is 1. The fraction of sp³-hybridized carbons (Fsp3) is 0.917. The smallest absolute Gasteiger partial charge is 0.260 e. The lowest BCUT2D eigenvalue weighted by molar-refractivity contribution is -0.152. The third kappa shape index (κ3) is 2.45. The Hall–Kier alpha value is -0.680. The van der Waals surface area contributed by atoms with E-state index in [9.17, 15) is 9.18 Å². The van der Waals surface area contributed by atoms with Gasteiger partial charge in [-0.05, 0) is 25.7 Å². The molecular formula is C12H21FN2O2. The highest BCUT2D eigenvalue weighted by atomic mass is 19.1. The van der Waals surface area contributed by atoms with Crippen molar-refractivity contribution in [2.75, 3.05) is 26.8 Å². The summed E-state index contributed by atoms with van der Waals surface area (Å²) in [6, 6.07) is 0.0518. The molecule has 2 rings (SSSR count). The van der Waals surface area contributed by atoms with E-state index in [1.807, 2.05) is 0 Å². The molecule has 2 aliphatic rings. The van der Waals surface area contributed by atoms with Gasteiger partial charge < -0.3 is 15.4 Å². The number of ether oxygens (including phenoxy) is 1. The number of alkyl halides is 1. The molecule has 0 aromatic heterocycles. The van der Waals surface area contributed by atoms with E-state index in [4.69, 9.17) is 10.5 Å². The van der Waals surface area contributed by atoms with Crippen LogP contribution in [0.25, 0.3) is 0 Å². The van der Waals surface area contributed by atoms with Crippen molar-refractivity contribution in [1.29, 1.82) is 0 Å². The van der Waals surface area contributed by atoms with E-state index in [-0.39, 0.29) is 17.9 Å². The number of piperidine rings is 1. The predicted molar refractivity (Wildman–Crippen MR) is 62.2 cm³/mol. The maximum atomic E-state index is 14.0. The maximum absolute atomic E-state index is 14.0. The molecule has 0 bridgehead atoms. The van der Waals surface area contributed by atoms with Crippen LogP contribution in [0.1, 0.15) is 25.7 Å². The van der Waals surface area contributed by atoms with Crippen molar-refractivity contribution in [3.8, 4) is 0 Å². The van der Waals surface area contributed by atoms with Crippen LogP contribution in [0, 0.1) is 5.92 Å². The molecule has 1 aliphatic heterocycles. The summed E-state index contributed by atoms with van der Waals surface area (Å²) in [7, 11) is 1.62. The van der Waals surface area contributed by atoms with Gasteiger partial charge in [-0.1, -0.05) is 0 Å². The SMILES string of the molecule is COCC1CN(C(=O)C2(F)CCC2)CCC1N. The van der Waals surface area contributed by atoms with Crippen molar-refractivity contribution in [3.05, 3.63) is 0 Å². The van der Waals surface area contributed by atoms with Crippen LogP contribution in [0.3, 0.4) is 0 Å². The standard InChI is InChI=1S/C12H21FN2O2/c1-17-8-9-7-15(6-3-10(9)14)11(16)12(13)4-2-5-12/h9-10H,2-8,14H2,1H3. The van der Waals surface area contributed by atoms with Crippen LogP contribution in [0.5, 0.6) is 0 Å². The van der Waals surface area contributed by atoms with E-state index in [1.54, 1.807) is 12.0 Å². The van der Waals surface area contributed by atoms with E-state index >= 15 is 0 Å². The van der Waals surface area contributed by atoms with E-state index in [2.05, 4.69) is 0 Å². The summed E-state index contributed by atoms with van der Waals surface area (Å²) in [6.07, 6.45) is 2.31. The second-order valence-electron chi connectivity index (χ2n) is 5.24. The van der Waals surface area contributed by atoms with Gasteiger partial charge in [0.25, 0.3) is 5.91 Å². The molecule has 0 aromatic rings. The first-order valence-electron chi connectivity index (χ1n) is 6.29. The molecule has 1 saturated carbocycles. The summed E-state index contributed by atoms with van der Waals surface area (Å²) in [4.78, 5) is 13.7. The fourth-order valence-electron chi connectivity index (χ4n) is 2.61. The van der Waals surface area contributed by atoms with E-state index in [1.165, 1.54) is 0 Å². The van der Waals surface area contributed by atoms with Gasteiger partial charge >= 0.3 is 0 Å². The number of amides is 1. The van der Waals surface area contributed by atoms with Crippen molar-refractivity contribution in [2.45, 2.75) is 37.4 Å². The van der Waals surface area contributed by atoms with Gasteiger partial charge in [0, 0.05) is 32.2 Å². The van der Waals surface area contributed by atoms with Crippen LogP contribution >= 0.6 is 0 Å². The lowest BCUT2D eigenvalue weighted by atomic mass is 9.80. The molecule has 1 heterocycles. The number of carbonyl (C=O) groups is 1. The molecule has 2 N–H and O–H groups in total. The number of nitrogens with zero attached hydrogens (tertiary/aromatic N) is 1. The minimum Gasteiger partial charge on any atom is -0.384 e. The van der Waals surface area contributed by atoms with Crippen LogP contribution in [-0.4, -0.2) is 49.3 Å². The highest BCUT2D eigenvalue weighted by molar-refractivity contribution is 5.86. The van der Waals surface area contributed by atoms with Gasteiger partial charge in [-0.3, -0.25) is 4.79 Å². The Morgan fingerprint density at radius 2 is 2.29 bits per heavy atom. The quantitative estimate of drug-likeness (QED) is 0.795. The molecule has 2 fully saturated rings. The zero-order valence-corrected chi connectivity index (χ0v) is 10.3. The zero-order valence-electron chi connectivity index (χ0n) is 10.3. The van der Waals surface area contributed by atoms with Crippen molar-refractivity contribution in [1.82, 2.24) is 4.90 Å². The highest BCUT2D eigenvalue weighted by Crippen LogP contribution is 2.38. The summed E-state index contributed by atoms with van der Waals surface area (Å²) in [5, 5.41) is 0. The topological polar surface area (TPSA) is 55.6 Å². The Kier molecular flexibility index (Phi) is 3.68. The number of nitrogens with two attached hydrogens (primary N) is 1. The Balaban J connectivity index is 1.95. The predicted octanol–water partition coefficient (Wildman–Crippen LogP) is 0.701. The van der Waals surface area contributed by atoms with E-state index in [0.717, 1.165) is 12.8 Å². The number of hydrogen-bond donors (Lipinski definition) is 1. The molecule has 0 radical (unpaired) electrons. The fourth-order valence-corrected chi connectivity index (χ4v) is 2.61. The Morgan fingerprint density at radius 1 is 1.59 bits per heavy atom. The Labute approximate surface area is 101 Å². The van der Waals surface area contributed by atoms with Gasteiger partial charge in [0.15, 0.2) is 5.67 Å². The van der Waals surface area contributed by atoms with Gasteiger partial charge in [0.2, 0.25) is 0 Å². The molecule has 1 saturated heterocycles. The second-order valence-corrected chi connectivity index (χ2v) is 5.24. The number of halogens is 1. The maximum Gasteiger partial charge on any atom is 0.260 e. The number of hydrogen-bond acceptors (Lipinski definition) is 3. The van der Waals surface area contributed by atoms with Crippen molar-refractivity contribution in [3.63, 3.8) is 0 Å². The first kappa shape index (κ1) is 12.8. The molecule has 98 valence electrons. The highest BCUT2D eigenvalue weighted by Gasteiger charge is 2.48. The Bertz CT molecular complexity index is 294. The minimum atomic E-state index is -1.58. The summed E-state index contributed by atoms with van der Waals surface area (Å²) in [5.41, 5.74) is 4.39. The second kappa shape index (κ2) is 4.90. The molecule has 0 aromatic carbocycles. The normalized spacial score (nSPS) is 32.1. The molecule has 2 unspecified atom stereocenters. The molecule has 5 heteroatoms. The van der Waals surface area contributed by atoms with Gasteiger partial charge in [-0.2, -0.15) is 0 Å². The zero-order chi connectivity index (χ0) is 12.5. The molecule has 17 heavy (non-hydrogen) atoms. The summed E-state index contributed by atoms with van der Waals surface area (Å²) in [5.74, 6) is -0.210. The van der Waals surface area contributed by atoms with E-state index < -0.39 is 5.67 Å². The number of rotatable bonds is 3. The largest absolute Gasteiger partial charge is 0.384 e. The third-order valence-electron chi connectivity index (χ3n) is 3.99. The monoisotopic (exact) mass is 244 g/mol. The average molecular weight is 244 g/mol. The lowest BCUT2D eigenvalue weighted by Crippen LogP contribution is -2.57. The van der Waals surface area contributed by atoms with Gasteiger partial charge in [0.05, 0.1) is 6.61 Å². The van der Waals surface area contributed by atoms with Crippen LogP contribution in [0.15, 0.2) is 0 Å².